The topological polar surface area (TPSA) is 111 Å². The van der Waals surface area contributed by atoms with Crippen molar-refractivity contribution in [2.75, 3.05) is 26.2 Å². The first-order valence-electron chi connectivity index (χ1n) is 12.1. The molecule has 0 spiro atoms. The average molecular weight is 576 g/mol. The molecule has 0 saturated carbocycles. The van der Waals surface area contributed by atoms with Crippen molar-refractivity contribution in [3.05, 3.63) is 95.1 Å². The van der Waals surface area contributed by atoms with Gasteiger partial charge in [0.1, 0.15) is 11.5 Å². The molecular formula is C29H25N3O6S2. The predicted octanol–water partition coefficient (Wildman–Crippen LogP) is 5.48. The van der Waals surface area contributed by atoms with Gasteiger partial charge in [-0.1, -0.05) is 59.5 Å². The summed E-state index contributed by atoms with van der Waals surface area (Å²) in [4.78, 5) is 28.2. The molecule has 1 N–H and O–H groups in total. The highest BCUT2D eigenvalue weighted by molar-refractivity contribution is 8.00. The number of rotatable bonds is 9. The van der Waals surface area contributed by atoms with Crippen molar-refractivity contribution in [2.24, 2.45) is 0 Å². The fraction of sp³-hybridized carbons (Fsp3) is 0.172. The molecule has 2 heterocycles. The second kappa shape index (κ2) is 11.8. The Morgan fingerprint density at radius 3 is 2.33 bits per heavy atom. The molecule has 0 radical (unpaired) electrons. The number of ether oxygens (including phenoxy) is 3. The van der Waals surface area contributed by atoms with Crippen LogP contribution < -0.4 is 19.1 Å². The van der Waals surface area contributed by atoms with Gasteiger partial charge in [-0.25, -0.2) is 0 Å². The lowest BCUT2D eigenvalue weighted by Crippen LogP contribution is -2.29. The Hall–Kier alpha value is -4.35. The van der Waals surface area contributed by atoms with Crippen LogP contribution in [0.5, 0.6) is 17.2 Å². The smallest absolute Gasteiger partial charge is 0.301 e. The Kier molecular flexibility index (Phi) is 8.04. The summed E-state index contributed by atoms with van der Waals surface area (Å²) < 4.78 is 16.7. The standard InChI is InChI=1S/C29H25N3O6S2/c1-36-20-12-9-18(10-13-20)25(33)23-24(19-11-14-21(37-2)22(15-19)38-3)32(27(35)26(23)34)28-30-31-29(40-28)39-16-17-7-5-4-6-8-17/h4-15,24,33H,16H2,1-3H3/b25-23-. The molecule has 0 bridgehead atoms. The molecule has 11 heteroatoms. The van der Waals surface area contributed by atoms with E-state index in [0.29, 0.717) is 38.5 Å². The molecule has 204 valence electrons. The lowest BCUT2D eigenvalue weighted by molar-refractivity contribution is -0.132. The molecular weight excluding hydrogens is 550 g/mol. The molecule has 0 aliphatic carbocycles. The van der Waals surface area contributed by atoms with E-state index in [1.165, 1.54) is 49.3 Å². The van der Waals surface area contributed by atoms with E-state index in [0.717, 1.165) is 5.56 Å². The zero-order valence-electron chi connectivity index (χ0n) is 21.9. The Morgan fingerprint density at radius 1 is 0.925 bits per heavy atom. The maximum Gasteiger partial charge on any atom is 0.301 e. The number of amides is 1. The molecule has 1 aromatic heterocycles. The number of nitrogens with zero attached hydrogens (tertiary/aromatic N) is 3. The summed E-state index contributed by atoms with van der Waals surface area (Å²) in [5.41, 5.74) is 1.94. The third-order valence-corrected chi connectivity index (χ3v) is 8.47. The van der Waals surface area contributed by atoms with Gasteiger partial charge < -0.3 is 19.3 Å². The number of ketones is 1. The lowest BCUT2D eigenvalue weighted by atomic mass is 9.95. The fourth-order valence-corrected chi connectivity index (χ4v) is 6.17. The van der Waals surface area contributed by atoms with Crippen LogP contribution >= 0.6 is 23.1 Å². The molecule has 9 nitrogen and oxygen atoms in total. The molecule has 1 aliphatic heterocycles. The van der Waals surface area contributed by atoms with E-state index in [2.05, 4.69) is 10.2 Å². The third-order valence-electron chi connectivity index (χ3n) is 6.34. The maximum atomic E-state index is 13.5. The van der Waals surface area contributed by atoms with E-state index < -0.39 is 17.7 Å². The first-order chi connectivity index (χ1) is 19.4. The summed E-state index contributed by atoms with van der Waals surface area (Å²) in [6, 6.07) is 20.6. The third kappa shape index (κ3) is 5.25. The van der Waals surface area contributed by atoms with Crippen molar-refractivity contribution < 1.29 is 28.9 Å². The number of benzene rings is 3. The normalized spacial score (nSPS) is 16.3. The van der Waals surface area contributed by atoms with Crippen molar-refractivity contribution in [2.45, 2.75) is 16.1 Å². The number of methoxy groups -OCH3 is 3. The summed E-state index contributed by atoms with van der Waals surface area (Å²) in [5, 5.41) is 20.1. The largest absolute Gasteiger partial charge is 0.507 e. The molecule has 1 saturated heterocycles. The highest BCUT2D eigenvalue weighted by Gasteiger charge is 2.48. The van der Waals surface area contributed by atoms with Crippen LogP contribution in [0.25, 0.3) is 5.76 Å². The molecule has 40 heavy (non-hydrogen) atoms. The van der Waals surface area contributed by atoms with Crippen LogP contribution in [0.4, 0.5) is 5.13 Å². The second-order valence-electron chi connectivity index (χ2n) is 8.64. The van der Waals surface area contributed by atoms with Crippen LogP contribution in [0.15, 0.2) is 82.7 Å². The van der Waals surface area contributed by atoms with E-state index in [-0.39, 0.29) is 16.5 Å². The number of carbonyl (C=O) groups is 2. The number of anilines is 1. The Morgan fingerprint density at radius 2 is 1.65 bits per heavy atom. The summed E-state index contributed by atoms with van der Waals surface area (Å²) in [6.07, 6.45) is 0. The van der Waals surface area contributed by atoms with Crippen LogP contribution in [0.2, 0.25) is 0 Å². The number of aliphatic hydroxyl groups excluding tert-OH is 1. The van der Waals surface area contributed by atoms with Crippen LogP contribution in [0, 0.1) is 0 Å². The van der Waals surface area contributed by atoms with Crippen LogP contribution in [0.3, 0.4) is 0 Å². The highest BCUT2D eigenvalue weighted by atomic mass is 32.2. The number of carbonyl (C=O) groups excluding carboxylic acids is 2. The predicted molar refractivity (Wildman–Crippen MR) is 153 cm³/mol. The van der Waals surface area contributed by atoms with E-state index in [1.807, 2.05) is 30.3 Å². The van der Waals surface area contributed by atoms with Gasteiger partial charge in [0.25, 0.3) is 5.78 Å². The number of aromatic nitrogens is 2. The minimum Gasteiger partial charge on any atom is -0.507 e. The van der Waals surface area contributed by atoms with Crippen molar-refractivity contribution in [3.8, 4) is 17.2 Å². The van der Waals surface area contributed by atoms with Crippen molar-refractivity contribution >= 4 is 45.7 Å². The van der Waals surface area contributed by atoms with Gasteiger partial charge in [-0.05, 0) is 47.5 Å². The second-order valence-corrected chi connectivity index (χ2v) is 10.8. The van der Waals surface area contributed by atoms with E-state index >= 15 is 0 Å². The van der Waals surface area contributed by atoms with Gasteiger partial charge in [0.15, 0.2) is 15.8 Å². The zero-order chi connectivity index (χ0) is 28.2. The Labute approximate surface area is 239 Å². The average Bonchev–Trinajstić information content (AvgIpc) is 3.57. The van der Waals surface area contributed by atoms with Crippen LogP contribution in [0.1, 0.15) is 22.7 Å². The van der Waals surface area contributed by atoms with Gasteiger partial charge in [-0.2, -0.15) is 0 Å². The zero-order valence-corrected chi connectivity index (χ0v) is 23.5. The number of Topliss-reactive ketones (excluding diaryl/α,β-unsaturated/α-hetero) is 1. The van der Waals surface area contributed by atoms with Crippen LogP contribution in [-0.4, -0.2) is 48.3 Å². The number of hydrogen-bond donors (Lipinski definition) is 1. The van der Waals surface area contributed by atoms with Crippen molar-refractivity contribution in [1.29, 1.82) is 0 Å². The van der Waals surface area contributed by atoms with Crippen LogP contribution in [-0.2, 0) is 15.3 Å². The molecule has 1 atom stereocenters. The molecule has 1 unspecified atom stereocenters. The van der Waals surface area contributed by atoms with E-state index in [1.54, 1.807) is 42.5 Å². The first-order valence-corrected chi connectivity index (χ1v) is 13.9. The van der Waals surface area contributed by atoms with Crippen molar-refractivity contribution in [1.82, 2.24) is 10.2 Å². The SMILES string of the molecule is COc1ccc(/C(O)=C2/C(=O)C(=O)N(c3nnc(SCc4ccccc4)s3)C2c2ccc(OC)c(OC)c2)cc1. The van der Waals surface area contributed by atoms with Crippen molar-refractivity contribution in [3.63, 3.8) is 0 Å². The fourth-order valence-electron chi connectivity index (χ4n) is 4.35. The summed E-state index contributed by atoms with van der Waals surface area (Å²) >= 11 is 2.69. The Bertz CT molecular complexity index is 1570. The summed E-state index contributed by atoms with van der Waals surface area (Å²) in [5.74, 6) is 0.187. The van der Waals surface area contributed by atoms with Gasteiger partial charge in [-0.3, -0.25) is 14.5 Å². The Balaban J connectivity index is 1.58. The van der Waals surface area contributed by atoms with Gasteiger partial charge in [0.05, 0.1) is 32.9 Å². The molecule has 5 rings (SSSR count). The minimum absolute atomic E-state index is 0.0731. The van der Waals surface area contributed by atoms with Gasteiger partial charge >= 0.3 is 5.91 Å². The molecule has 1 amide bonds. The highest BCUT2D eigenvalue weighted by Crippen LogP contribution is 2.45. The minimum atomic E-state index is -0.984. The molecule has 1 fully saturated rings. The van der Waals surface area contributed by atoms with E-state index in [4.69, 9.17) is 14.2 Å². The van der Waals surface area contributed by atoms with Gasteiger partial charge in [0.2, 0.25) is 5.13 Å². The molecule has 4 aromatic rings. The number of thioether (sulfide) groups is 1. The van der Waals surface area contributed by atoms with Gasteiger partial charge in [-0.15, -0.1) is 10.2 Å². The number of hydrogen-bond acceptors (Lipinski definition) is 10. The number of aliphatic hydroxyl groups is 1. The molecule has 1 aliphatic rings. The summed E-state index contributed by atoms with van der Waals surface area (Å²) in [6.45, 7) is 0. The monoisotopic (exact) mass is 575 g/mol. The van der Waals surface area contributed by atoms with Gasteiger partial charge in [0, 0.05) is 11.3 Å². The summed E-state index contributed by atoms with van der Waals surface area (Å²) in [7, 11) is 4.55. The lowest BCUT2D eigenvalue weighted by Gasteiger charge is -2.23. The maximum absolute atomic E-state index is 13.5. The molecule has 3 aromatic carbocycles. The first kappa shape index (κ1) is 27.2. The quantitative estimate of drug-likeness (QED) is 0.0911. The van der Waals surface area contributed by atoms with E-state index in [9.17, 15) is 14.7 Å².